The summed E-state index contributed by atoms with van der Waals surface area (Å²) in [6, 6.07) is 8.12. The molecule has 3 rings (SSSR count). The third-order valence-corrected chi connectivity index (χ3v) is 5.76. The van der Waals surface area contributed by atoms with Crippen molar-refractivity contribution in [1.82, 2.24) is 10.2 Å². The summed E-state index contributed by atoms with van der Waals surface area (Å²) in [5.41, 5.74) is 0.800. The fourth-order valence-electron chi connectivity index (χ4n) is 3.06. The minimum Gasteiger partial charge on any atom is -0.348 e. The second kappa shape index (κ2) is 7.77. The van der Waals surface area contributed by atoms with Crippen molar-refractivity contribution in [3.05, 3.63) is 56.2 Å². The zero-order valence-corrected chi connectivity index (χ0v) is 16.0. The minimum atomic E-state index is -0.442. The molecule has 0 unspecified atom stereocenters. The van der Waals surface area contributed by atoms with Crippen LogP contribution in [0.15, 0.2) is 35.7 Å². The number of hydrogen-bond acceptors (Lipinski definition) is 3. The molecule has 1 aliphatic heterocycles. The van der Waals surface area contributed by atoms with Crippen molar-refractivity contribution in [2.24, 2.45) is 0 Å². The first-order chi connectivity index (χ1) is 12.0. The average molecular weight is 397 g/mol. The Morgan fingerprint density at radius 2 is 2.12 bits per heavy atom. The predicted octanol–water partition coefficient (Wildman–Crippen LogP) is 4.54. The van der Waals surface area contributed by atoms with Crippen LogP contribution in [0, 0.1) is 0 Å². The van der Waals surface area contributed by atoms with Gasteiger partial charge in [-0.2, -0.15) is 0 Å². The summed E-state index contributed by atoms with van der Waals surface area (Å²) >= 11 is 13.5. The Morgan fingerprint density at radius 1 is 1.32 bits per heavy atom. The SMILES string of the molecule is C[C@H](NC(=O)[C@@H]1CCCN1C(=O)c1cccs1)c1ccc(Cl)cc1Cl. The highest BCUT2D eigenvalue weighted by Crippen LogP contribution is 2.27. The summed E-state index contributed by atoms with van der Waals surface area (Å²) in [5, 5.41) is 5.90. The number of halogens is 2. The van der Waals surface area contributed by atoms with E-state index in [1.54, 1.807) is 29.2 Å². The number of carbonyl (C=O) groups is 2. The molecule has 1 fully saturated rings. The molecule has 1 aromatic carbocycles. The van der Waals surface area contributed by atoms with Crippen molar-refractivity contribution in [2.45, 2.75) is 31.8 Å². The van der Waals surface area contributed by atoms with Gasteiger partial charge in [0.25, 0.3) is 5.91 Å². The highest BCUT2D eigenvalue weighted by atomic mass is 35.5. The third-order valence-electron chi connectivity index (χ3n) is 4.34. The molecule has 2 heterocycles. The Kier molecular flexibility index (Phi) is 5.67. The van der Waals surface area contributed by atoms with E-state index in [0.29, 0.717) is 27.9 Å². The number of thiophene rings is 1. The predicted molar refractivity (Wildman–Crippen MR) is 101 cm³/mol. The molecule has 0 aliphatic carbocycles. The molecule has 2 aromatic rings. The van der Waals surface area contributed by atoms with E-state index in [2.05, 4.69) is 5.32 Å². The van der Waals surface area contributed by atoms with Crippen molar-refractivity contribution >= 4 is 46.4 Å². The van der Waals surface area contributed by atoms with Crippen LogP contribution in [-0.4, -0.2) is 29.3 Å². The molecule has 1 aliphatic rings. The van der Waals surface area contributed by atoms with Crippen molar-refractivity contribution in [2.75, 3.05) is 6.54 Å². The zero-order chi connectivity index (χ0) is 18.0. The smallest absolute Gasteiger partial charge is 0.264 e. The van der Waals surface area contributed by atoms with E-state index in [0.717, 1.165) is 12.0 Å². The molecule has 0 spiro atoms. The quantitative estimate of drug-likeness (QED) is 0.824. The van der Waals surface area contributed by atoms with Gasteiger partial charge in [-0.1, -0.05) is 35.3 Å². The van der Waals surface area contributed by atoms with Gasteiger partial charge in [-0.25, -0.2) is 0 Å². The molecule has 0 saturated carbocycles. The summed E-state index contributed by atoms with van der Waals surface area (Å²) in [4.78, 5) is 27.6. The molecule has 0 bridgehead atoms. The van der Waals surface area contributed by atoms with Crippen LogP contribution in [0.5, 0.6) is 0 Å². The van der Waals surface area contributed by atoms with Crippen molar-refractivity contribution in [3.63, 3.8) is 0 Å². The maximum atomic E-state index is 12.7. The number of amides is 2. The molecule has 1 aromatic heterocycles. The van der Waals surface area contributed by atoms with Gasteiger partial charge in [0.15, 0.2) is 0 Å². The van der Waals surface area contributed by atoms with E-state index in [1.807, 2.05) is 18.4 Å². The maximum Gasteiger partial charge on any atom is 0.264 e. The number of carbonyl (C=O) groups excluding carboxylic acids is 2. The lowest BCUT2D eigenvalue weighted by Gasteiger charge is -2.25. The van der Waals surface area contributed by atoms with E-state index in [4.69, 9.17) is 23.2 Å². The molecule has 2 atom stereocenters. The van der Waals surface area contributed by atoms with Crippen molar-refractivity contribution < 1.29 is 9.59 Å². The fraction of sp³-hybridized carbons (Fsp3) is 0.333. The van der Waals surface area contributed by atoms with Crippen molar-refractivity contribution in [1.29, 1.82) is 0 Å². The van der Waals surface area contributed by atoms with Crippen LogP contribution in [0.2, 0.25) is 10.0 Å². The Balaban J connectivity index is 1.70. The Hall–Kier alpha value is -1.56. The first-order valence-corrected chi connectivity index (χ1v) is 9.70. The summed E-state index contributed by atoms with van der Waals surface area (Å²) in [6.45, 7) is 2.47. The highest BCUT2D eigenvalue weighted by Gasteiger charge is 2.35. The molecule has 7 heteroatoms. The Morgan fingerprint density at radius 3 is 2.80 bits per heavy atom. The van der Waals surface area contributed by atoms with E-state index >= 15 is 0 Å². The fourth-order valence-corrected chi connectivity index (χ4v) is 4.32. The first-order valence-electron chi connectivity index (χ1n) is 8.07. The van der Waals surface area contributed by atoms with E-state index in [1.165, 1.54) is 11.3 Å². The summed E-state index contributed by atoms with van der Waals surface area (Å²) in [6.07, 6.45) is 1.50. The molecule has 1 saturated heterocycles. The maximum absolute atomic E-state index is 12.7. The van der Waals surface area contributed by atoms with Crippen LogP contribution >= 0.6 is 34.5 Å². The molecule has 132 valence electrons. The topological polar surface area (TPSA) is 49.4 Å². The highest BCUT2D eigenvalue weighted by molar-refractivity contribution is 7.12. The summed E-state index contributed by atoms with van der Waals surface area (Å²) in [5.74, 6) is -0.231. The van der Waals surface area contributed by atoms with Crippen LogP contribution in [-0.2, 0) is 4.79 Å². The molecular weight excluding hydrogens is 379 g/mol. The van der Waals surface area contributed by atoms with Crippen LogP contribution in [0.4, 0.5) is 0 Å². The van der Waals surface area contributed by atoms with E-state index in [9.17, 15) is 9.59 Å². The number of nitrogens with one attached hydrogen (secondary N) is 1. The van der Waals surface area contributed by atoms with Crippen LogP contribution in [0.1, 0.15) is 41.0 Å². The number of hydrogen-bond donors (Lipinski definition) is 1. The number of rotatable bonds is 4. The molecule has 4 nitrogen and oxygen atoms in total. The van der Waals surface area contributed by atoms with Gasteiger partial charge in [0, 0.05) is 16.6 Å². The van der Waals surface area contributed by atoms with Crippen LogP contribution in [0.25, 0.3) is 0 Å². The standard InChI is InChI=1S/C18H18Cl2N2O2S/c1-11(13-7-6-12(19)10-14(13)20)21-17(23)15-4-2-8-22(15)18(24)16-5-3-9-25-16/h3,5-7,9-11,15H,2,4,8H2,1H3,(H,21,23)/t11-,15-/m0/s1. The number of benzene rings is 1. The van der Waals surface area contributed by atoms with Gasteiger partial charge >= 0.3 is 0 Å². The van der Waals surface area contributed by atoms with Gasteiger partial charge in [-0.15, -0.1) is 11.3 Å². The van der Waals surface area contributed by atoms with E-state index < -0.39 is 6.04 Å². The normalized spacial score (nSPS) is 18.2. The van der Waals surface area contributed by atoms with Gasteiger partial charge in [-0.3, -0.25) is 9.59 Å². The van der Waals surface area contributed by atoms with Gasteiger partial charge in [-0.05, 0) is 48.9 Å². The monoisotopic (exact) mass is 396 g/mol. The number of likely N-dealkylation sites (tertiary alicyclic amines) is 1. The minimum absolute atomic E-state index is 0.0789. The second-order valence-corrected chi connectivity index (χ2v) is 7.82. The van der Waals surface area contributed by atoms with E-state index in [-0.39, 0.29) is 17.9 Å². The van der Waals surface area contributed by atoms with Gasteiger partial charge in [0.1, 0.15) is 6.04 Å². The van der Waals surface area contributed by atoms with Crippen LogP contribution in [0.3, 0.4) is 0 Å². The second-order valence-electron chi connectivity index (χ2n) is 6.03. The van der Waals surface area contributed by atoms with Crippen LogP contribution < -0.4 is 5.32 Å². The number of nitrogens with zero attached hydrogens (tertiary/aromatic N) is 1. The Bertz CT molecular complexity index is 779. The summed E-state index contributed by atoms with van der Waals surface area (Å²) in [7, 11) is 0. The lowest BCUT2D eigenvalue weighted by Crippen LogP contribution is -2.46. The van der Waals surface area contributed by atoms with Crippen molar-refractivity contribution in [3.8, 4) is 0 Å². The molecular formula is C18H18Cl2N2O2S. The lowest BCUT2D eigenvalue weighted by molar-refractivity contribution is -0.125. The molecule has 0 radical (unpaired) electrons. The molecule has 1 N–H and O–H groups in total. The first kappa shape index (κ1) is 18.2. The zero-order valence-electron chi connectivity index (χ0n) is 13.7. The lowest BCUT2D eigenvalue weighted by atomic mass is 10.1. The molecule has 2 amide bonds. The summed E-state index contributed by atoms with van der Waals surface area (Å²) < 4.78 is 0. The third kappa shape index (κ3) is 4.00. The van der Waals surface area contributed by atoms with Gasteiger partial charge < -0.3 is 10.2 Å². The molecule has 25 heavy (non-hydrogen) atoms. The largest absolute Gasteiger partial charge is 0.348 e. The van der Waals surface area contributed by atoms with Gasteiger partial charge in [0.05, 0.1) is 10.9 Å². The average Bonchev–Trinajstić information content (AvgIpc) is 3.25. The Labute approximate surface area is 160 Å². The van der Waals surface area contributed by atoms with Gasteiger partial charge in [0.2, 0.25) is 5.91 Å².